The van der Waals surface area contributed by atoms with Crippen molar-refractivity contribution in [3.8, 4) is 0 Å². The largest absolute Gasteiger partial charge is 0.356 e. The van der Waals surface area contributed by atoms with E-state index < -0.39 is 0 Å². The molecule has 8 nitrogen and oxygen atoms in total. The number of pyridine rings is 1. The van der Waals surface area contributed by atoms with E-state index in [1.807, 2.05) is 54.0 Å². The molecular weight excluding hydrogens is 442 g/mol. The van der Waals surface area contributed by atoms with E-state index in [0.29, 0.717) is 31.6 Å². The van der Waals surface area contributed by atoms with Crippen LogP contribution in [0.4, 0.5) is 5.82 Å². The van der Waals surface area contributed by atoms with Crippen LogP contribution in [0.1, 0.15) is 56.3 Å². The standard InChI is InChI=1S/C27H37N5O3/c1-3-30(4-2)27(35)20-10-7-16-32(19-20)24-18-22(21-11-5-6-12-23(21)29-24)26(34)28-14-9-17-31-15-8-13-25(31)33/h5-6,11-12,18,20H,3-4,7-10,13-17,19H2,1-2H3,(H,28,34). The Hall–Kier alpha value is -3.16. The van der Waals surface area contributed by atoms with Gasteiger partial charge in [0.1, 0.15) is 5.82 Å². The Morgan fingerprint density at radius 1 is 1.14 bits per heavy atom. The molecule has 2 aliphatic heterocycles. The summed E-state index contributed by atoms with van der Waals surface area (Å²) in [5.41, 5.74) is 1.37. The quantitative estimate of drug-likeness (QED) is 0.559. The smallest absolute Gasteiger partial charge is 0.252 e. The van der Waals surface area contributed by atoms with Crippen molar-refractivity contribution in [2.24, 2.45) is 5.92 Å². The van der Waals surface area contributed by atoms with Crippen LogP contribution in [0.25, 0.3) is 10.9 Å². The van der Waals surface area contributed by atoms with Crippen LogP contribution in [0.3, 0.4) is 0 Å². The molecule has 1 unspecified atom stereocenters. The van der Waals surface area contributed by atoms with Crippen molar-refractivity contribution in [1.29, 1.82) is 0 Å². The molecule has 0 radical (unpaired) electrons. The van der Waals surface area contributed by atoms with E-state index in [1.54, 1.807) is 0 Å². The molecule has 0 aliphatic carbocycles. The van der Waals surface area contributed by atoms with Crippen LogP contribution in [0.2, 0.25) is 0 Å². The topological polar surface area (TPSA) is 85.9 Å². The van der Waals surface area contributed by atoms with E-state index in [2.05, 4.69) is 10.2 Å². The van der Waals surface area contributed by atoms with Crippen LogP contribution in [-0.4, -0.2) is 78.3 Å². The summed E-state index contributed by atoms with van der Waals surface area (Å²) in [6, 6.07) is 9.56. The highest BCUT2D eigenvalue weighted by molar-refractivity contribution is 6.07. The fraction of sp³-hybridized carbons (Fsp3) is 0.556. The first-order valence-electron chi connectivity index (χ1n) is 13.0. The number of rotatable bonds is 9. The van der Waals surface area contributed by atoms with Crippen molar-refractivity contribution in [2.75, 3.05) is 50.7 Å². The van der Waals surface area contributed by atoms with Crippen molar-refractivity contribution in [3.05, 3.63) is 35.9 Å². The number of likely N-dealkylation sites (tertiary alicyclic amines) is 1. The molecule has 1 aromatic carbocycles. The van der Waals surface area contributed by atoms with E-state index in [9.17, 15) is 14.4 Å². The molecule has 3 heterocycles. The number of nitrogens with one attached hydrogen (secondary N) is 1. The number of piperidine rings is 1. The summed E-state index contributed by atoms with van der Waals surface area (Å²) >= 11 is 0. The molecular formula is C27H37N5O3. The average molecular weight is 480 g/mol. The Labute approximate surface area is 207 Å². The summed E-state index contributed by atoms with van der Waals surface area (Å²) in [7, 11) is 0. The lowest BCUT2D eigenvalue weighted by molar-refractivity contribution is -0.135. The van der Waals surface area contributed by atoms with Crippen molar-refractivity contribution >= 4 is 34.4 Å². The van der Waals surface area contributed by atoms with Gasteiger partial charge >= 0.3 is 0 Å². The molecule has 1 aromatic heterocycles. The zero-order valence-corrected chi connectivity index (χ0v) is 21.0. The van der Waals surface area contributed by atoms with Crippen molar-refractivity contribution < 1.29 is 14.4 Å². The predicted octanol–water partition coefficient (Wildman–Crippen LogP) is 3.06. The first kappa shape index (κ1) is 24.9. The zero-order valence-electron chi connectivity index (χ0n) is 21.0. The number of aromatic nitrogens is 1. The van der Waals surface area contributed by atoms with Crippen LogP contribution in [0, 0.1) is 5.92 Å². The van der Waals surface area contributed by atoms with Crippen molar-refractivity contribution in [2.45, 2.75) is 46.0 Å². The third-order valence-corrected chi connectivity index (χ3v) is 7.18. The molecule has 35 heavy (non-hydrogen) atoms. The van der Waals surface area contributed by atoms with E-state index in [0.717, 1.165) is 68.6 Å². The highest BCUT2D eigenvalue weighted by Gasteiger charge is 2.29. The molecule has 188 valence electrons. The molecule has 2 saturated heterocycles. The Balaban J connectivity index is 1.48. The summed E-state index contributed by atoms with van der Waals surface area (Å²) in [6.45, 7) is 8.91. The number of benzene rings is 1. The molecule has 2 fully saturated rings. The van der Waals surface area contributed by atoms with Gasteiger partial charge in [-0.2, -0.15) is 0 Å². The van der Waals surface area contributed by atoms with Gasteiger partial charge in [-0.05, 0) is 51.7 Å². The minimum Gasteiger partial charge on any atom is -0.356 e. The predicted molar refractivity (Wildman–Crippen MR) is 137 cm³/mol. The average Bonchev–Trinajstić information content (AvgIpc) is 3.30. The summed E-state index contributed by atoms with van der Waals surface area (Å²) in [6.07, 6.45) is 4.09. The first-order chi connectivity index (χ1) is 17.0. The maximum Gasteiger partial charge on any atom is 0.252 e. The molecule has 3 amide bonds. The van der Waals surface area contributed by atoms with E-state index in [-0.39, 0.29) is 23.6 Å². The van der Waals surface area contributed by atoms with Crippen molar-refractivity contribution in [3.63, 3.8) is 0 Å². The minimum absolute atomic E-state index is 0.0532. The third kappa shape index (κ3) is 5.74. The number of amides is 3. The number of fused-ring (bicyclic) bond motifs is 1. The number of anilines is 1. The molecule has 0 saturated carbocycles. The minimum atomic E-state index is -0.134. The molecule has 2 aliphatic rings. The normalized spacial score (nSPS) is 18.2. The van der Waals surface area contributed by atoms with Crippen LogP contribution in [0.5, 0.6) is 0 Å². The molecule has 0 spiro atoms. The number of hydrogen-bond donors (Lipinski definition) is 1. The van der Waals surface area contributed by atoms with Crippen LogP contribution in [0.15, 0.2) is 30.3 Å². The van der Waals surface area contributed by atoms with E-state index in [1.165, 1.54) is 0 Å². The van der Waals surface area contributed by atoms with Gasteiger partial charge in [-0.25, -0.2) is 4.98 Å². The van der Waals surface area contributed by atoms with Gasteiger partial charge in [0, 0.05) is 57.6 Å². The van der Waals surface area contributed by atoms with Crippen molar-refractivity contribution in [1.82, 2.24) is 20.1 Å². The highest BCUT2D eigenvalue weighted by atomic mass is 16.2. The van der Waals surface area contributed by atoms with Gasteiger partial charge in [0.2, 0.25) is 11.8 Å². The highest BCUT2D eigenvalue weighted by Crippen LogP contribution is 2.27. The molecule has 2 aromatic rings. The Morgan fingerprint density at radius 2 is 1.94 bits per heavy atom. The number of carbonyl (C=O) groups excluding carboxylic acids is 3. The lowest BCUT2D eigenvalue weighted by atomic mass is 9.96. The Bertz CT molecular complexity index is 1070. The monoisotopic (exact) mass is 479 g/mol. The third-order valence-electron chi connectivity index (χ3n) is 7.18. The maximum atomic E-state index is 13.2. The summed E-state index contributed by atoms with van der Waals surface area (Å²) < 4.78 is 0. The summed E-state index contributed by atoms with van der Waals surface area (Å²) in [4.78, 5) is 48.7. The molecule has 1 N–H and O–H groups in total. The van der Waals surface area contributed by atoms with Crippen LogP contribution in [-0.2, 0) is 9.59 Å². The molecule has 8 heteroatoms. The Kier molecular flexibility index (Phi) is 8.21. The van der Waals surface area contributed by atoms with Gasteiger partial charge in [0.15, 0.2) is 0 Å². The van der Waals surface area contributed by atoms with E-state index in [4.69, 9.17) is 4.98 Å². The van der Waals surface area contributed by atoms with Gasteiger partial charge in [-0.15, -0.1) is 0 Å². The second-order valence-corrected chi connectivity index (χ2v) is 9.43. The maximum absolute atomic E-state index is 13.2. The van der Waals surface area contributed by atoms with Crippen LogP contribution >= 0.6 is 0 Å². The second-order valence-electron chi connectivity index (χ2n) is 9.43. The second kappa shape index (κ2) is 11.5. The zero-order chi connectivity index (χ0) is 24.8. The van der Waals surface area contributed by atoms with Gasteiger partial charge in [0.25, 0.3) is 5.91 Å². The fourth-order valence-electron chi connectivity index (χ4n) is 5.20. The Morgan fingerprint density at radius 3 is 2.69 bits per heavy atom. The van der Waals surface area contributed by atoms with E-state index >= 15 is 0 Å². The fourth-order valence-corrected chi connectivity index (χ4v) is 5.20. The van der Waals surface area contributed by atoms with Crippen LogP contribution < -0.4 is 10.2 Å². The first-order valence-corrected chi connectivity index (χ1v) is 13.0. The molecule has 1 atom stereocenters. The summed E-state index contributed by atoms with van der Waals surface area (Å²) in [5, 5.41) is 3.85. The van der Waals surface area contributed by atoms with Gasteiger partial charge in [-0.3, -0.25) is 14.4 Å². The molecule has 0 bridgehead atoms. The number of nitrogens with zero attached hydrogens (tertiary/aromatic N) is 4. The molecule has 4 rings (SSSR count). The number of para-hydroxylation sites is 1. The van der Waals surface area contributed by atoms with Gasteiger partial charge in [0.05, 0.1) is 17.0 Å². The number of carbonyl (C=O) groups is 3. The van der Waals surface area contributed by atoms with Gasteiger partial charge < -0.3 is 20.0 Å². The lowest BCUT2D eigenvalue weighted by Gasteiger charge is -2.35. The summed E-state index contributed by atoms with van der Waals surface area (Å²) in [5.74, 6) is 0.969. The number of hydrogen-bond acceptors (Lipinski definition) is 5. The van der Waals surface area contributed by atoms with Gasteiger partial charge in [-0.1, -0.05) is 18.2 Å². The lowest BCUT2D eigenvalue weighted by Crippen LogP contribution is -2.45. The SMILES string of the molecule is CCN(CC)C(=O)C1CCCN(c2cc(C(=O)NCCCN3CCCC3=O)c3ccccc3n2)C1.